The summed E-state index contributed by atoms with van der Waals surface area (Å²) in [4.78, 5) is 19.1. The highest BCUT2D eigenvalue weighted by molar-refractivity contribution is 7.89. The lowest BCUT2D eigenvalue weighted by Gasteiger charge is -2.37. The monoisotopic (exact) mass is 427 g/mol. The van der Waals surface area contributed by atoms with Crippen molar-refractivity contribution in [3.8, 4) is 0 Å². The number of piperidine rings is 2. The highest BCUT2D eigenvalue weighted by atomic mass is 32.2. The van der Waals surface area contributed by atoms with E-state index in [0.717, 1.165) is 32.4 Å². The number of amides is 1. The van der Waals surface area contributed by atoms with Gasteiger partial charge in [-0.05, 0) is 55.7 Å². The van der Waals surface area contributed by atoms with E-state index in [-0.39, 0.29) is 16.7 Å². The number of likely N-dealkylation sites (tertiary alicyclic amines) is 1. The van der Waals surface area contributed by atoms with E-state index in [4.69, 9.17) is 0 Å². The lowest BCUT2D eigenvalue weighted by molar-refractivity contribution is -0.138. The number of sulfonamides is 1. The Morgan fingerprint density at radius 1 is 0.933 bits per heavy atom. The second kappa shape index (κ2) is 9.27. The fourth-order valence-electron chi connectivity index (χ4n) is 4.55. The molecule has 1 aromatic heterocycles. The summed E-state index contributed by atoms with van der Waals surface area (Å²) in [6.07, 6.45) is 7.26. The van der Waals surface area contributed by atoms with Crippen LogP contribution in [-0.4, -0.2) is 54.7 Å². The van der Waals surface area contributed by atoms with Crippen molar-refractivity contribution in [3.63, 3.8) is 0 Å². The Hall–Kier alpha value is -2.25. The molecule has 4 rings (SSSR count). The molecule has 0 saturated carbocycles. The van der Waals surface area contributed by atoms with Gasteiger partial charge in [-0.15, -0.1) is 0 Å². The first-order chi connectivity index (χ1) is 14.5. The zero-order valence-corrected chi connectivity index (χ0v) is 18.0. The predicted molar refractivity (Wildman–Crippen MR) is 115 cm³/mol. The number of aromatic nitrogens is 1. The van der Waals surface area contributed by atoms with Crippen molar-refractivity contribution in [1.82, 2.24) is 14.2 Å². The third-order valence-electron chi connectivity index (χ3n) is 6.37. The zero-order valence-electron chi connectivity index (χ0n) is 17.2. The van der Waals surface area contributed by atoms with E-state index in [1.165, 1.54) is 16.1 Å². The molecule has 1 aromatic carbocycles. The van der Waals surface area contributed by atoms with Crippen LogP contribution in [-0.2, 0) is 21.2 Å². The Morgan fingerprint density at radius 2 is 1.63 bits per heavy atom. The lowest BCUT2D eigenvalue weighted by atomic mass is 9.89. The number of carbonyl (C=O) groups excluding carboxylic acids is 1. The SMILES string of the molecule is O=C(C1CCN(S(=O)(=O)c2cccnc2)CC1)N1CCC(Cc2ccccc2)CC1. The fourth-order valence-corrected chi connectivity index (χ4v) is 5.99. The summed E-state index contributed by atoms with van der Waals surface area (Å²) in [6, 6.07) is 13.7. The van der Waals surface area contributed by atoms with Crippen LogP contribution in [0.1, 0.15) is 31.2 Å². The summed E-state index contributed by atoms with van der Waals surface area (Å²) in [5.74, 6) is 0.755. The maximum absolute atomic E-state index is 13.0. The van der Waals surface area contributed by atoms with Crippen molar-refractivity contribution in [1.29, 1.82) is 0 Å². The van der Waals surface area contributed by atoms with E-state index in [2.05, 4.69) is 29.2 Å². The van der Waals surface area contributed by atoms with Crippen molar-refractivity contribution in [3.05, 3.63) is 60.4 Å². The van der Waals surface area contributed by atoms with Gasteiger partial charge in [0.25, 0.3) is 0 Å². The number of hydrogen-bond donors (Lipinski definition) is 0. The molecule has 2 fully saturated rings. The number of benzene rings is 1. The van der Waals surface area contributed by atoms with Gasteiger partial charge < -0.3 is 4.90 Å². The average molecular weight is 428 g/mol. The Labute approximate surface area is 179 Å². The second-order valence-electron chi connectivity index (χ2n) is 8.33. The Morgan fingerprint density at radius 3 is 2.27 bits per heavy atom. The molecular formula is C23H29N3O3S. The van der Waals surface area contributed by atoms with E-state index in [1.807, 2.05) is 11.0 Å². The quantitative estimate of drug-likeness (QED) is 0.736. The molecule has 0 radical (unpaired) electrons. The maximum atomic E-state index is 13.0. The van der Waals surface area contributed by atoms with Crippen molar-refractivity contribution in [2.45, 2.75) is 37.0 Å². The molecule has 2 saturated heterocycles. The normalized spacial score (nSPS) is 19.7. The van der Waals surface area contributed by atoms with Crippen LogP contribution >= 0.6 is 0 Å². The molecule has 160 valence electrons. The molecule has 2 aromatic rings. The van der Waals surface area contributed by atoms with Crippen LogP contribution < -0.4 is 0 Å². The molecule has 0 aliphatic carbocycles. The van der Waals surface area contributed by atoms with Gasteiger partial charge in [0.2, 0.25) is 15.9 Å². The molecule has 0 spiro atoms. The van der Waals surface area contributed by atoms with Crippen LogP contribution in [0.3, 0.4) is 0 Å². The summed E-state index contributed by atoms with van der Waals surface area (Å²) >= 11 is 0. The minimum absolute atomic E-state index is 0.0731. The van der Waals surface area contributed by atoms with Crippen molar-refractivity contribution < 1.29 is 13.2 Å². The minimum Gasteiger partial charge on any atom is -0.342 e. The summed E-state index contributed by atoms with van der Waals surface area (Å²) in [7, 11) is -3.53. The molecule has 7 heteroatoms. The third-order valence-corrected chi connectivity index (χ3v) is 8.25. The number of hydrogen-bond acceptors (Lipinski definition) is 4. The Kier molecular flexibility index (Phi) is 6.49. The summed E-state index contributed by atoms with van der Waals surface area (Å²) in [5, 5.41) is 0. The van der Waals surface area contributed by atoms with E-state index in [1.54, 1.807) is 18.3 Å². The zero-order chi connectivity index (χ0) is 21.0. The first kappa shape index (κ1) is 21.0. The highest BCUT2D eigenvalue weighted by Crippen LogP contribution is 2.27. The molecule has 30 heavy (non-hydrogen) atoms. The molecule has 0 bridgehead atoms. The smallest absolute Gasteiger partial charge is 0.244 e. The number of rotatable bonds is 5. The first-order valence-corrected chi connectivity index (χ1v) is 12.2. The van der Waals surface area contributed by atoms with Crippen LogP contribution in [0.15, 0.2) is 59.8 Å². The molecule has 0 atom stereocenters. The van der Waals surface area contributed by atoms with Gasteiger partial charge >= 0.3 is 0 Å². The van der Waals surface area contributed by atoms with Crippen LogP contribution in [0.5, 0.6) is 0 Å². The standard InChI is InChI=1S/C23H29N3O3S/c27-23(25-13-8-20(9-14-25)17-19-5-2-1-3-6-19)21-10-15-26(16-11-21)30(28,29)22-7-4-12-24-18-22/h1-7,12,18,20-21H,8-11,13-17H2. The number of carbonyl (C=O) groups is 1. The fraction of sp³-hybridized carbons (Fsp3) is 0.478. The molecule has 2 aliphatic heterocycles. The maximum Gasteiger partial charge on any atom is 0.244 e. The van der Waals surface area contributed by atoms with Gasteiger partial charge in [-0.1, -0.05) is 30.3 Å². The average Bonchev–Trinajstić information content (AvgIpc) is 2.80. The van der Waals surface area contributed by atoms with Crippen molar-refractivity contribution in [2.24, 2.45) is 11.8 Å². The van der Waals surface area contributed by atoms with Gasteiger partial charge in [-0.25, -0.2) is 8.42 Å². The molecule has 2 aliphatic rings. The summed E-state index contributed by atoms with van der Waals surface area (Å²) in [6.45, 7) is 2.39. The van der Waals surface area contributed by atoms with E-state index >= 15 is 0 Å². The molecule has 6 nitrogen and oxygen atoms in total. The van der Waals surface area contributed by atoms with Gasteiger partial charge in [-0.2, -0.15) is 4.31 Å². The van der Waals surface area contributed by atoms with Crippen LogP contribution in [0.25, 0.3) is 0 Å². The van der Waals surface area contributed by atoms with E-state index < -0.39 is 10.0 Å². The number of pyridine rings is 1. The van der Waals surface area contributed by atoms with Crippen LogP contribution in [0.2, 0.25) is 0 Å². The predicted octanol–water partition coefficient (Wildman–Crippen LogP) is 2.96. The summed E-state index contributed by atoms with van der Waals surface area (Å²) in [5.41, 5.74) is 1.37. The van der Waals surface area contributed by atoms with Gasteiger partial charge in [0.15, 0.2) is 0 Å². The van der Waals surface area contributed by atoms with Gasteiger partial charge in [0.05, 0.1) is 0 Å². The van der Waals surface area contributed by atoms with E-state index in [0.29, 0.717) is 31.8 Å². The molecule has 0 unspecified atom stereocenters. The largest absolute Gasteiger partial charge is 0.342 e. The van der Waals surface area contributed by atoms with Gasteiger partial charge in [-0.3, -0.25) is 9.78 Å². The molecule has 3 heterocycles. The minimum atomic E-state index is -3.53. The molecule has 0 N–H and O–H groups in total. The lowest BCUT2D eigenvalue weighted by Crippen LogP contribution is -2.46. The van der Waals surface area contributed by atoms with Gasteiger partial charge in [0.1, 0.15) is 4.90 Å². The van der Waals surface area contributed by atoms with Crippen molar-refractivity contribution in [2.75, 3.05) is 26.2 Å². The van der Waals surface area contributed by atoms with Crippen LogP contribution in [0.4, 0.5) is 0 Å². The first-order valence-electron chi connectivity index (χ1n) is 10.8. The molecular weight excluding hydrogens is 398 g/mol. The third kappa shape index (κ3) is 4.73. The van der Waals surface area contributed by atoms with E-state index in [9.17, 15) is 13.2 Å². The van der Waals surface area contributed by atoms with Crippen molar-refractivity contribution >= 4 is 15.9 Å². The topological polar surface area (TPSA) is 70.6 Å². The molecule has 1 amide bonds. The number of nitrogens with zero attached hydrogens (tertiary/aromatic N) is 3. The Bertz CT molecular complexity index is 934. The van der Waals surface area contributed by atoms with Crippen LogP contribution in [0, 0.1) is 11.8 Å². The Balaban J connectivity index is 1.27. The highest BCUT2D eigenvalue weighted by Gasteiger charge is 2.34. The summed E-state index contributed by atoms with van der Waals surface area (Å²) < 4.78 is 27.0. The van der Waals surface area contributed by atoms with Gasteiger partial charge in [0, 0.05) is 44.5 Å². The second-order valence-corrected chi connectivity index (χ2v) is 10.3.